The fraction of sp³-hybridized carbons (Fsp3) is 0.432. The van der Waals surface area contributed by atoms with E-state index in [0.29, 0.717) is 43.8 Å². The summed E-state index contributed by atoms with van der Waals surface area (Å²) in [6.07, 6.45) is 7.72. The van der Waals surface area contributed by atoms with Gasteiger partial charge in [-0.2, -0.15) is 10.2 Å². The second kappa shape index (κ2) is 20.2. The van der Waals surface area contributed by atoms with Crippen LogP contribution in [0, 0.1) is 6.92 Å². The molecule has 11 nitrogen and oxygen atoms in total. The fourth-order valence-corrected chi connectivity index (χ4v) is 7.38. The van der Waals surface area contributed by atoms with Crippen molar-refractivity contribution in [3.8, 4) is 5.75 Å². The monoisotopic (exact) mass is 718 g/mol. The number of fused-ring (bicyclic) bond motifs is 1. The molecule has 0 amide bonds. The molecular weight excluding hydrogens is 673 g/mol. The molecule has 0 bridgehead atoms. The highest BCUT2D eigenvalue weighted by Gasteiger charge is 2.19. The summed E-state index contributed by atoms with van der Waals surface area (Å²) < 4.78 is 18.0. The Morgan fingerprint density at radius 2 is 1.66 bits per heavy atom. The number of carbonyl (C=O) groups excluding carboxylic acids is 2. The first-order valence-electron chi connectivity index (χ1n) is 17.0. The van der Waals surface area contributed by atoms with E-state index in [4.69, 9.17) is 19.2 Å². The molecule has 0 aliphatic rings. The highest BCUT2D eigenvalue weighted by Crippen LogP contribution is 2.42. The van der Waals surface area contributed by atoms with Crippen LogP contribution in [0.25, 0.3) is 9.53 Å². The maximum absolute atomic E-state index is 12.0. The molecule has 1 unspecified atom stereocenters. The molecule has 0 radical (unpaired) electrons. The Morgan fingerprint density at radius 1 is 0.940 bits per heavy atom. The van der Waals surface area contributed by atoms with Gasteiger partial charge in [0.2, 0.25) is 6.29 Å². The lowest BCUT2D eigenvalue weighted by atomic mass is 10.1. The van der Waals surface area contributed by atoms with Crippen molar-refractivity contribution >= 4 is 66.2 Å². The van der Waals surface area contributed by atoms with Gasteiger partial charge >= 0.3 is 11.9 Å². The zero-order valence-electron chi connectivity index (χ0n) is 29.3. The zero-order chi connectivity index (χ0) is 35.7. The highest BCUT2D eigenvalue weighted by molar-refractivity contribution is 7.29. The summed E-state index contributed by atoms with van der Waals surface area (Å²) in [5, 5.41) is 19.0. The normalized spacial score (nSPS) is 12.1. The number of hydrogen-bond donors (Lipinski definition) is 0. The predicted octanol–water partition coefficient (Wildman–Crippen LogP) is 10.6. The van der Waals surface area contributed by atoms with Crippen LogP contribution in [-0.2, 0) is 25.5 Å². The molecule has 0 aliphatic carbocycles. The maximum atomic E-state index is 12.0. The number of carbonyl (C=O) groups is 2. The van der Waals surface area contributed by atoms with Gasteiger partial charge in [0.25, 0.3) is 0 Å². The van der Waals surface area contributed by atoms with E-state index in [1.54, 1.807) is 25.3 Å². The second-order valence-electron chi connectivity index (χ2n) is 11.5. The van der Waals surface area contributed by atoms with Crippen LogP contribution in [0.4, 0.5) is 22.1 Å². The average molecular weight is 719 g/mol. The number of thiazole rings is 1. The molecule has 2 aromatic carbocycles. The summed E-state index contributed by atoms with van der Waals surface area (Å²) in [5.74, 6) is -0.127. The third-order valence-electron chi connectivity index (χ3n) is 7.72. The number of esters is 2. The minimum atomic E-state index is -0.623. The van der Waals surface area contributed by atoms with Gasteiger partial charge in [-0.05, 0) is 68.3 Å². The van der Waals surface area contributed by atoms with E-state index in [2.05, 4.69) is 38.9 Å². The molecule has 0 saturated heterocycles. The molecule has 0 aliphatic heterocycles. The number of ether oxygens (including phenoxy) is 3. The summed E-state index contributed by atoms with van der Waals surface area (Å²) in [6.45, 7) is 10.8. The zero-order valence-corrected chi connectivity index (χ0v) is 30.9. The van der Waals surface area contributed by atoms with Crippen molar-refractivity contribution in [2.75, 3.05) is 31.6 Å². The Kier molecular flexibility index (Phi) is 15.5. The van der Waals surface area contributed by atoms with Crippen molar-refractivity contribution in [1.82, 2.24) is 4.98 Å². The lowest BCUT2D eigenvalue weighted by molar-refractivity contribution is -0.164. The van der Waals surface area contributed by atoms with E-state index < -0.39 is 12.3 Å². The van der Waals surface area contributed by atoms with Gasteiger partial charge in [-0.15, -0.1) is 21.6 Å². The number of aryl methyl sites for hydroxylation is 1. The third kappa shape index (κ3) is 11.8. The van der Waals surface area contributed by atoms with Crippen LogP contribution in [-0.4, -0.2) is 50.0 Å². The minimum Gasteiger partial charge on any atom is -0.461 e. The molecule has 4 aromatic rings. The van der Waals surface area contributed by atoms with Gasteiger partial charge in [-0.25, -0.2) is 9.78 Å². The molecule has 0 saturated carbocycles. The maximum Gasteiger partial charge on any atom is 0.330 e. The molecule has 13 heteroatoms. The van der Waals surface area contributed by atoms with Crippen LogP contribution < -0.4 is 9.64 Å². The van der Waals surface area contributed by atoms with E-state index in [9.17, 15) is 9.59 Å². The van der Waals surface area contributed by atoms with Gasteiger partial charge in [0, 0.05) is 43.8 Å². The largest absolute Gasteiger partial charge is 0.461 e. The number of unbranched alkanes of at least 4 members (excludes halogenated alkanes) is 4. The summed E-state index contributed by atoms with van der Waals surface area (Å²) in [5.41, 5.74) is 3.47. The van der Waals surface area contributed by atoms with Crippen LogP contribution in [0.3, 0.4) is 0 Å². The van der Waals surface area contributed by atoms with Gasteiger partial charge in [0.15, 0.2) is 0 Å². The number of azo groups is 2. The van der Waals surface area contributed by atoms with Crippen LogP contribution in [0.1, 0.15) is 69.4 Å². The van der Waals surface area contributed by atoms with E-state index in [0.717, 1.165) is 61.8 Å². The molecule has 50 heavy (non-hydrogen) atoms. The van der Waals surface area contributed by atoms with E-state index in [1.165, 1.54) is 24.2 Å². The Balaban J connectivity index is 1.48. The van der Waals surface area contributed by atoms with Crippen molar-refractivity contribution in [1.29, 1.82) is 0 Å². The second-order valence-corrected chi connectivity index (χ2v) is 13.6. The number of benzene rings is 2. The van der Waals surface area contributed by atoms with Gasteiger partial charge in [-0.3, -0.25) is 4.79 Å². The van der Waals surface area contributed by atoms with Crippen molar-refractivity contribution in [2.24, 2.45) is 20.5 Å². The predicted molar refractivity (Wildman–Crippen MR) is 201 cm³/mol. The number of rotatable bonds is 21. The van der Waals surface area contributed by atoms with Crippen LogP contribution in [0.5, 0.6) is 5.75 Å². The first kappa shape index (κ1) is 38.3. The van der Waals surface area contributed by atoms with E-state index in [1.807, 2.05) is 55.5 Å². The number of aromatic nitrogens is 1. The molecule has 0 N–H and O–H groups in total. The number of nitrogens with zero attached hydrogens (tertiary/aromatic N) is 6. The summed E-state index contributed by atoms with van der Waals surface area (Å²) in [6, 6.07) is 15.1. The number of hydrogen-bond acceptors (Lipinski definition) is 13. The van der Waals surface area contributed by atoms with Gasteiger partial charge in [0.05, 0.1) is 27.6 Å². The van der Waals surface area contributed by atoms with Crippen LogP contribution in [0.15, 0.2) is 81.6 Å². The highest BCUT2D eigenvalue weighted by atomic mass is 32.1. The van der Waals surface area contributed by atoms with Crippen molar-refractivity contribution < 1.29 is 23.8 Å². The minimum absolute atomic E-state index is 0.215. The Morgan fingerprint density at radius 3 is 2.36 bits per heavy atom. The number of anilines is 1. The van der Waals surface area contributed by atoms with Gasteiger partial charge < -0.3 is 19.1 Å². The van der Waals surface area contributed by atoms with Crippen molar-refractivity contribution in [3.63, 3.8) is 0 Å². The first-order chi connectivity index (χ1) is 24.3. The summed E-state index contributed by atoms with van der Waals surface area (Å²) in [4.78, 5) is 31.6. The van der Waals surface area contributed by atoms with E-state index >= 15 is 0 Å². The lowest BCUT2D eigenvalue weighted by Gasteiger charge is -2.24. The molecule has 0 spiro atoms. The van der Waals surface area contributed by atoms with Crippen molar-refractivity contribution in [2.45, 2.75) is 78.4 Å². The molecule has 266 valence electrons. The molecular formula is C37H46N6O5S2. The Bertz CT molecular complexity index is 1730. The summed E-state index contributed by atoms with van der Waals surface area (Å²) >= 11 is 3.17. The molecule has 2 aromatic heterocycles. The molecule has 0 fully saturated rings. The van der Waals surface area contributed by atoms with Gasteiger partial charge in [0.1, 0.15) is 22.2 Å². The Labute approximate surface area is 302 Å². The first-order valence-corrected chi connectivity index (χ1v) is 18.7. The smallest absolute Gasteiger partial charge is 0.330 e. The lowest BCUT2D eigenvalue weighted by Crippen LogP contribution is -2.30. The van der Waals surface area contributed by atoms with Crippen molar-refractivity contribution in [3.05, 3.63) is 71.8 Å². The fourth-order valence-electron chi connectivity index (χ4n) is 5.13. The average Bonchev–Trinajstić information content (AvgIpc) is 3.64. The van der Waals surface area contributed by atoms with Gasteiger partial charge in [-0.1, -0.05) is 57.4 Å². The van der Waals surface area contributed by atoms with Crippen LogP contribution >= 0.6 is 22.7 Å². The molecule has 1 atom stereocenters. The number of thiophene rings is 1. The third-order valence-corrected chi connectivity index (χ3v) is 9.89. The van der Waals surface area contributed by atoms with Crippen LogP contribution in [0.2, 0.25) is 0 Å². The standard InChI is InChI=1S/C37H46N6O5S2/c1-6-9-10-11-12-13-34(48-33(45)8-3)47-30-20-16-28(17-21-30)41-42-36-31(35-37(50-36)39-26(4)49-35)22-23-43(24-25-46-32(44)7-2)29-18-14-27(15-19-29)40-38-5/h7,14-21,34H,2,6,8-13,22-25H2,1,3-5H3. The molecule has 4 rings (SSSR count). The Hall–Kier alpha value is -4.49. The van der Waals surface area contributed by atoms with E-state index in [-0.39, 0.29) is 12.6 Å². The molecule has 2 heterocycles. The SMILES string of the molecule is C=CC(=O)OCCN(CCc1c(N=Nc2ccc(OC(CCCCCCC)OC(=O)CC)cc2)sc2nc(C)sc12)c1ccc(N=NC)cc1. The summed E-state index contributed by atoms with van der Waals surface area (Å²) in [7, 11) is 1.64. The quantitative estimate of drug-likeness (QED) is 0.0276. The topological polar surface area (TPSA) is 127 Å².